The summed E-state index contributed by atoms with van der Waals surface area (Å²) in [7, 11) is 2.17. The molecule has 30 heavy (non-hydrogen) atoms. The molecule has 2 aliphatic rings. The van der Waals surface area contributed by atoms with Gasteiger partial charge in [0.1, 0.15) is 0 Å². The molecule has 154 valence electrons. The van der Waals surface area contributed by atoms with Gasteiger partial charge in [0.05, 0.1) is 16.9 Å². The zero-order chi connectivity index (χ0) is 20.8. The molecule has 3 heterocycles. The van der Waals surface area contributed by atoms with Crippen LogP contribution in [-0.4, -0.2) is 58.3 Å². The van der Waals surface area contributed by atoms with Gasteiger partial charge in [-0.2, -0.15) is 0 Å². The number of fused-ring (bicyclic) bond motifs is 2. The third-order valence-electron chi connectivity index (χ3n) is 6.13. The number of imidazole rings is 1. The molecule has 1 atom stereocenters. The molecule has 5 rings (SSSR count). The van der Waals surface area contributed by atoms with E-state index in [1.807, 2.05) is 19.2 Å². The molecular formula is C23H24ClN5O. The highest BCUT2D eigenvalue weighted by Crippen LogP contribution is 2.37. The van der Waals surface area contributed by atoms with Gasteiger partial charge in [-0.05, 0) is 49.3 Å². The van der Waals surface area contributed by atoms with Crippen molar-refractivity contribution in [1.29, 1.82) is 0 Å². The standard InChI is InChI=1S/C23H24ClN5O/c1-15-19-11-18(28-7-3-6-27(2)8-9-28)5-4-16(19)10-20(22(15)30)21-14-29-13-17(24)12-25-23(29)26-21/h4-5,10-15H,3,6-9H2,1-2H3. The normalized spacial score (nSPS) is 20.2. The average molecular weight is 422 g/mol. The number of benzene rings is 1. The molecule has 1 unspecified atom stereocenters. The van der Waals surface area contributed by atoms with E-state index in [-0.39, 0.29) is 11.7 Å². The minimum Gasteiger partial charge on any atom is -0.370 e. The summed E-state index contributed by atoms with van der Waals surface area (Å²) in [5.74, 6) is 0.406. The molecule has 0 saturated carbocycles. The third kappa shape index (κ3) is 3.40. The second kappa shape index (κ2) is 7.52. The minimum atomic E-state index is -0.212. The minimum absolute atomic E-state index is 0.0877. The van der Waals surface area contributed by atoms with Gasteiger partial charge in [-0.3, -0.25) is 9.20 Å². The average Bonchev–Trinajstić information content (AvgIpc) is 3.03. The summed E-state index contributed by atoms with van der Waals surface area (Å²) in [6.07, 6.45) is 8.23. The van der Waals surface area contributed by atoms with E-state index in [1.165, 1.54) is 5.69 Å². The molecule has 1 aliphatic heterocycles. The van der Waals surface area contributed by atoms with E-state index in [2.05, 4.69) is 45.0 Å². The summed E-state index contributed by atoms with van der Waals surface area (Å²) in [6, 6.07) is 6.50. The first kappa shape index (κ1) is 19.3. The zero-order valence-corrected chi connectivity index (χ0v) is 17.9. The Kier molecular flexibility index (Phi) is 4.83. The molecule has 0 amide bonds. The van der Waals surface area contributed by atoms with Gasteiger partial charge in [0.2, 0.25) is 5.78 Å². The highest BCUT2D eigenvalue weighted by atomic mass is 35.5. The van der Waals surface area contributed by atoms with Crippen LogP contribution in [0.1, 0.15) is 36.1 Å². The molecular weight excluding hydrogens is 398 g/mol. The van der Waals surface area contributed by atoms with Crippen LogP contribution >= 0.6 is 11.6 Å². The number of likely N-dealkylation sites (N-methyl/N-ethyl adjacent to an activating group) is 1. The van der Waals surface area contributed by atoms with Crippen LogP contribution in [0.4, 0.5) is 5.69 Å². The van der Waals surface area contributed by atoms with E-state index in [0.29, 0.717) is 22.1 Å². The van der Waals surface area contributed by atoms with Crippen molar-refractivity contribution in [3.8, 4) is 0 Å². The lowest BCUT2D eigenvalue weighted by atomic mass is 9.82. The van der Waals surface area contributed by atoms with E-state index in [9.17, 15) is 4.79 Å². The Labute approximate surface area is 180 Å². The highest BCUT2D eigenvalue weighted by molar-refractivity contribution is 6.30. The molecule has 2 aromatic heterocycles. The summed E-state index contributed by atoms with van der Waals surface area (Å²) in [6.45, 7) is 6.22. The lowest BCUT2D eigenvalue weighted by molar-refractivity contribution is -0.114. The summed E-state index contributed by atoms with van der Waals surface area (Å²) in [5, 5.41) is 0.529. The molecule has 1 saturated heterocycles. The second-order valence-corrected chi connectivity index (χ2v) is 8.64. The second-order valence-electron chi connectivity index (χ2n) is 8.21. The first-order valence-electron chi connectivity index (χ1n) is 10.3. The van der Waals surface area contributed by atoms with Crippen molar-refractivity contribution in [2.75, 3.05) is 38.1 Å². The summed E-state index contributed by atoms with van der Waals surface area (Å²) >= 11 is 6.03. The lowest BCUT2D eigenvalue weighted by Crippen LogP contribution is -2.29. The fraction of sp³-hybridized carbons (Fsp3) is 0.348. The van der Waals surface area contributed by atoms with Gasteiger partial charge >= 0.3 is 0 Å². The number of allylic oxidation sites excluding steroid dienone is 1. The van der Waals surface area contributed by atoms with Crippen molar-refractivity contribution in [3.63, 3.8) is 0 Å². The zero-order valence-electron chi connectivity index (χ0n) is 17.2. The Balaban J connectivity index is 1.51. The predicted octanol–water partition coefficient (Wildman–Crippen LogP) is 3.75. The topological polar surface area (TPSA) is 53.7 Å². The fourth-order valence-electron chi connectivity index (χ4n) is 4.36. The first-order chi connectivity index (χ1) is 14.5. The molecule has 0 spiro atoms. The summed E-state index contributed by atoms with van der Waals surface area (Å²) < 4.78 is 1.76. The molecule has 1 aromatic carbocycles. The molecule has 0 N–H and O–H groups in total. The predicted molar refractivity (Wildman–Crippen MR) is 120 cm³/mol. The first-order valence-corrected chi connectivity index (χ1v) is 10.7. The number of carbonyl (C=O) groups is 1. The van der Waals surface area contributed by atoms with E-state index >= 15 is 0 Å². The Morgan fingerprint density at radius 2 is 2.00 bits per heavy atom. The van der Waals surface area contributed by atoms with Crippen molar-refractivity contribution < 1.29 is 4.79 Å². The molecule has 0 radical (unpaired) electrons. The van der Waals surface area contributed by atoms with Crippen LogP contribution < -0.4 is 4.90 Å². The molecule has 3 aromatic rings. The number of carbonyl (C=O) groups excluding carboxylic acids is 1. The molecule has 7 heteroatoms. The van der Waals surface area contributed by atoms with Gasteiger partial charge in [0.15, 0.2) is 5.78 Å². The van der Waals surface area contributed by atoms with Gasteiger partial charge in [0, 0.05) is 49.2 Å². The van der Waals surface area contributed by atoms with Gasteiger partial charge in [0.25, 0.3) is 0 Å². The fourth-order valence-corrected chi connectivity index (χ4v) is 4.51. The van der Waals surface area contributed by atoms with Crippen molar-refractivity contribution in [2.45, 2.75) is 19.3 Å². The Bertz CT molecular complexity index is 1170. The van der Waals surface area contributed by atoms with Crippen molar-refractivity contribution >= 4 is 40.5 Å². The van der Waals surface area contributed by atoms with Crippen molar-refractivity contribution in [2.24, 2.45) is 0 Å². The monoisotopic (exact) mass is 421 g/mol. The maximum absolute atomic E-state index is 13.2. The number of hydrogen-bond acceptors (Lipinski definition) is 5. The summed E-state index contributed by atoms with van der Waals surface area (Å²) in [4.78, 5) is 26.8. The number of hydrogen-bond donors (Lipinski definition) is 0. The van der Waals surface area contributed by atoms with Gasteiger partial charge < -0.3 is 9.80 Å². The van der Waals surface area contributed by atoms with Crippen LogP contribution in [0.2, 0.25) is 5.02 Å². The molecule has 1 fully saturated rings. The number of anilines is 1. The molecule has 1 aliphatic carbocycles. The number of rotatable bonds is 2. The number of halogens is 1. The van der Waals surface area contributed by atoms with Crippen LogP contribution in [0.25, 0.3) is 17.4 Å². The largest absolute Gasteiger partial charge is 0.370 e. The number of ketones is 1. The van der Waals surface area contributed by atoms with Gasteiger partial charge in [-0.1, -0.05) is 24.6 Å². The van der Waals surface area contributed by atoms with Crippen LogP contribution in [0.5, 0.6) is 0 Å². The lowest BCUT2D eigenvalue weighted by Gasteiger charge is -2.27. The van der Waals surface area contributed by atoms with E-state index < -0.39 is 0 Å². The summed E-state index contributed by atoms with van der Waals surface area (Å²) in [5.41, 5.74) is 4.62. The highest BCUT2D eigenvalue weighted by Gasteiger charge is 2.29. The van der Waals surface area contributed by atoms with E-state index in [1.54, 1.807) is 16.8 Å². The van der Waals surface area contributed by atoms with E-state index in [0.717, 1.165) is 43.7 Å². The van der Waals surface area contributed by atoms with Crippen LogP contribution in [0.15, 0.2) is 36.8 Å². The van der Waals surface area contributed by atoms with Crippen LogP contribution in [0, 0.1) is 0 Å². The van der Waals surface area contributed by atoms with Crippen molar-refractivity contribution in [1.82, 2.24) is 19.3 Å². The molecule has 6 nitrogen and oxygen atoms in total. The van der Waals surface area contributed by atoms with E-state index in [4.69, 9.17) is 11.6 Å². The van der Waals surface area contributed by atoms with Crippen LogP contribution in [-0.2, 0) is 4.79 Å². The van der Waals surface area contributed by atoms with Gasteiger partial charge in [-0.15, -0.1) is 0 Å². The Hall–Kier alpha value is -2.70. The number of aromatic nitrogens is 3. The smallest absolute Gasteiger partial charge is 0.234 e. The molecule has 0 bridgehead atoms. The maximum atomic E-state index is 13.2. The number of nitrogens with zero attached hydrogens (tertiary/aromatic N) is 5. The quantitative estimate of drug-likeness (QED) is 0.630. The number of Topliss-reactive ketones (excluding diaryl/α,β-unsaturated/α-hetero) is 1. The maximum Gasteiger partial charge on any atom is 0.234 e. The van der Waals surface area contributed by atoms with Crippen molar-refractivity contribution in [3.05, 3.63) is 58.6 Å². The van der Waals surface area contributed by atoms with Gasteiger partial charge in [-0.25, -0.2) is 9.97 Å². The third-order valence-corrected chi connectivity index (χ3v) is 6.33. The Morgan fingerprint density at radius 1 is 1.13 bits per heavy atom. The SMILES string of the molecule is CC1C(=O)C(c2cn3cc(Cl)cnc3n2)=Cc2ccc(N3CCCN(C)CC3)cc21. The van der Waals surface area contributed by atoms with Crippen LogP contribution in [0.3, 0.4) is 0 Å². The Morgan fingerprint density at radius 3 is 2.87 bits per heavy atom.